The van der Waals surface area contributed by atoms with Crippen molar-refractivity contribution in [3.63, 3.8) is 0 Å². The van der Waals surface area contributed by atoms with Gasteiger partial charge in [0, 0.05) is 13.1 Å². The van der Waals surface area contributed by atoms with Crippen LogP contribution >= 0.6 is 11.6 Å². The summed E-state index contributed by atoms with van der Waals surface area (Å²) in [5, 5.41) is 54.7. The normalized spacial score (nSPS) is 14.9. The van der Waals surface area contributed by atoms with Crippen molar-refractivity contribution in [1.82, 2.24) is 25.5 Å². The third kappa shape index (κ3) is 13.9. The lowest BCUT2D eigenvalue weighted by Gasteiger charge is -2.30. The molecule has 46 heavy (non-hydrogen) atoms. The van der Waals surface area contributed by atoms with E-state index in [1.165, 1.54) is 0 Å². The van der Waals surface area contributed by atoms with Crippen molar-refractivity contribution in [2.24, 2.45) is 5.73 Å². The number of aliphatic hydroxyl groups excluding tert-OH is 5. The zero-order valence-electron chi connectivity index (χ0n) is 26.4. The van der Waals surface area contributed by atoms with E-state index in [1.807, 2.05) is 29.2 Å². The zero-order valence-corrected chi connectivity index (χ0v) is 27.1. The monoisotopic (exact) mass is 670 g/mol. The van der Waals surface area contributed by atoms with Crippen molar-refractivity contribution in [2.75, 3.05) is 50.9 Å². The molecule has 1 aromatic heterocycles. The fourth-order valence-corrected chi connectivity index (χ4v) is 4.74. The summed E-state index contributed by atoms with van der Waals surface area (Å²) < 4.78 is 5.92. The quantitative estimate of drug-likeness (QED) is 0.0532. The third-order valence-corrected chi connectivity index (χ3v) is 7.64. The van der Waals surface area contributed by atoms with Crippen LogP contribution in [-0.2, 0) is 6.42 Å². The molecule has 0 saturated carbocycles. The highest BCUT2D eigenvalue weighted by molar-refractivity contribution is 6.31. The van der Waals surface area contributed by atoms with E-state index in [2.05, 4.69) is 27.5 Å². The predicted molar refractivity (Wildman–Crippen MR) is 176 cm³/mol. The Kier molecular flexibility index (Phi) is 18.0. The Bertz CT molecular complexity index is 1170. The van der Waals surface area contributed by atoms with Gasteiger partial charge in [-0.1, -0.05) is 49.9 Å². The summed E-state index contributed by atoms with van der Waals surface area (Å²) in [6.07, 6.45) is -0.283. The van der Waals surface area contributed by atoms with Gasteiger partial charge in [-0.05, 0) is 56.5 Å². The third-order valence-electron chi connectivity index (χ3n) is 7.36. The van der Waals surface area contributed by atoms with Gasteiger partial charge in [0.15, 0.2) is 22.5 Å². The lowest BCUT2D eigenvalue weighted by atomic mass is 10.0. The molecule has 13 N–H and O–H groups in total. The molecule has 0 spiro atoms. The molecule has 16 heteroatoms. The number of ether oxygens (including phenoxy) is 1. The highest BCUT2D eigenvalue weighted by atomic mass is 35.5. The smallest absolute Gasteiger partial charge is 0.276 e. The summed E-state index contributed by atoms with van der Waals surface area (Å²) in [6, 6.07) is 7.78. The van der Waals surface area contributed by atoms with Crippen molar-refractivity contribution in [2.45, 2.75) is 82.6 Å². The van der Waals surface area contributed by atoms with Crippen LogP contribution in [0.2, 0.25) is 5.15 Å². The van der Waals surface area contributed by atoms with Gasteiger partial charge in [0.2, 0.25) is 0 Å². The number of nitrogens with one attached hydrogen (secondary N) is 2. The molecular formula is C30H51ClN8O7. The average molecular weight is 671 g/mol. The minimum Gasteiger partial charge on any atom is -0.492 e. The number of hydrogen-bond donors (Lipinski definition) is 10. The Morgan fingerprint density at radius 3 is 2.33 bits per heavy atom. The summed E-state index contributed by atoms with van der Waals surface area (Å²) in [5.41, 5.74) is 18.1. The molecule has 0 aliphatic heterocycles. The van der Waals surface area contributed by atoms with E-state index in [0.717, 1.165) is 50.5 Å². The molecule has 1 amide bonds. The average Bonchev–Trinajstić information content (AvgIpc) is 3.03. The second-order valence-electron chi connectivity index (χ2n) is 11.1. The number of amides is 1. The summed E-state index contributed by atoms with van der Waals surface area (Å²) in [6.45, 7) is 3.56. The van der Waals surface area contributed by atoms with Crippen LogP contribution in [0.5, 0.6) is 5.75 Å². The number of benzene rings is 1. The second kappa shape index (κ2) is 21.1. The topological polar surface area (TPSA) is 259 Å². The molecule has 2 rings (SSSR count). The van der Waals surface area contributed by atoms with Crippen LogP contribution < -0.4 is 32.6 Å². The Balaban J connectivity index is 1.72. The van der Waals surface area contributed by atoms with Gasteiger partial charge < -0.3 is 47.1 Å². The summed E-state index contributed by atoms with van der Waals surface area (Å²) >= 11 is 5.82. The number of unbranched alkanes of at least 4 members (excludes halogenated alkanes) is 4. The SMILES string of the molecule is CCCCCCN(CCOc1ccc(CCCCNC(N)NC(=O)c2nc(Cl)c(N)nc2N)cc1)C[C@H](O)[C@@H](O)[C@H](O)[C@H](O)CO. The Morgan fingerprint density at radius 1 is 0.957 bits per heavy atom. The summed E-state index contributed by atoms with van der Waals surface area (Å²) in [7, 11) is 0. The van der Waals surface area contributed by atoms with Crippen molar-refractivity contribution in [1.29, 1.82) is 0 Å². The van der Waals surface area contributed by atoms with Crippen LogP contribution in [0.3, 0.4) is 0 Å². The van der Waals surface area contributed by atoms with Crippen molar-refractivity contribution in [3.05, 3.63) is 40.7 Å². The van der Waals surface area contributed by atoms with Crippen molar-refractivity contribution >= 4 is 29.1 Å². The van der Waals surface area contributed by atoms with E-state index >= 15 is 0 Å². The maximum Gasteiger partial charge on any atom is 0.276 e. The van der Waals surface area contributed by atoms with Gasteiger partial charge in [-0.2, -0.15) is 0 Å². The van der Waals surface area contributed by atoms with Gasteiger partial charge in [0.1, 0.15) is 37.0 Å². The molecule has 1 unspecified atom stereocenters. The molecule has 1 aromatic carbocycles. The number of carbonyl (C=O) groups is 1. The number of carbonyl (C=O) groups excluding carboxylic acids is 1. The predicted octanol–water partition coefficient (Wildman–Crippen LogP) is -0.424. The molecule has 0 aliphatic rings. The number of nitrogens with zero attached hydrogens (tertiary/aromatic N) is 3. The number of nitrogen functional groups attached to an aromatic ring is 2. The number of rotatable bonds is 23. The fraction of sp³-hybridized carbons (Fsp3) is 0.633. The van der Waals surface area contributed by atoms with Crippen LogP contribution in [0.15, 0.2) is 24.3 Å². The lowest BCUT2D eigenvalue weighted by Crippen LogP contribution is -2.52. The second-order valence-corrected chi connectivity index (χ2v) is 11.5. The van der Waals surface area contributed by atoms with E-state index in [1.54, 1.807) is 0 Å². The van der Waals surface area contributed by atoms with Crippen LogP contribution in [0.25, 0.3) is 0 Å². The number of halogens is 1. The minimum atomic E-state index is -1.66. The van der Waals surface area contributed by atoms with Crippen LogP contribution in [0.4, 0.5) is 11.6 Å². The molecule has 5 atom stereocenters. The fourth-order valence-electron chi connectivity index (χ4n) is 4.62. The Labute approximate surface area is 275 Å². The number of nitrogens with two attached hydrogens (primary N) is 3. The number of hydrogen-bond acceptors (Lipinski definition) is 14. The maximum atomic E-state index is 12.4. The number of aromatic nitrogens is 2. The highest BCUT2D eigenvalue weighted by Gasteiger charge is 2.31. The molecule has 0 aliphatic carbocycles. The van der Waals surface area contributed by atoms with E-state index < -0.39 is 43.2 Å². The number of anilines is 2. The molecule has 0 saturated heterocycles. The van der Waals surface area contributed by atoms with Gasteiger partial charge in [-0.3, -0.25) is 20.7 Å². The Morgan fingerprint density at radius 2 is 1.65 bits per heavy atom. The number of aliphatic hydroxyl groups is 5. The standard InChI is InChI=1S/C30H51ClN8O7/c1-2-3-4-7-14-39(17-21(41)24(43)25(44)22(42)18-40)15-16-46-20-11-9-19(10-12-20)8-5-6-13-35-30(34)38-29(45)23-27(32)37-28(33)26(31)36-23/h9-12,21-22,24-25,30,35,40-44H,2-8,13-18,34H2,1H3,(H,38,45)(H4,32,33,37)/t21-,22+,24+,25+,30?/m0/s1. The minimum absolute atomic E-state index is 0.0667. The molecule has 0 bridgehead atoms. The van der Waals surface area contributed by atoms with Gasteiger partial charge >= 0.3 is 0 Å². The molecule has 1 heterocycles. The first-order valence-corrected chi connectivity index (χ1v) is 16.0. The van der Waals surface area contributed by atoms with E-state index in [9.17, 15) is 25.2 Å². The molecular weight excluding hydrogens is 620 g/mol. The lowest BCUT2D eigenvalue weighted by molar-refractivity contribution is -0.119. The van der Waals surface area contributed by atoms with Gasteiger partial charge in [-0.25, -0.2) is 9.97 Å². The molecule has 2 aromatic rings. The summed E-state index contributed by atoms with van der Waals surface area (Å²) in [4.78, 5) is 21.9. The maximum absolute atomic E-state index is 12.4. The first-order valence-electron chi connectivity index (χ1n) is 15.6. The van der Waals surface area contributed by atoms with Gasteiger partial charge in [0.25, 0.3) is 5.91 Å². The first-order chi connectivity index (χ1) is 22.0. The molecule has 15 nitrogen and oxygen atoms in total. The molecule has 0 fully saturated rings. The largest absolute Gasteiger partial charge is 0.492 e. The van der Waals surface area contributed by atoms with Crippen molar-refractivity contribution < 1.29 is 35.1 Å². The molecule has 260 valence electrons. The van der Waals surface area contributed by atoms with E-state index in [4.69, 9.17) is 38.6 Å². The van der Waals surface area contributed by atoms with Gasteiger partial charge in [0.05, 0.1) is 12.7 Å². The van der Waals surface area contributed by atoms with Gasteiger partial charge in [-0.15, -0.1) is 0 Å². The molecule has 0 radical (unpaired) electrons. The van der Waals surface area contributed by atoms with Crippen LogP contribution in [0, 0.1) is 0 Å². The number of aryl methyl sites for hydroxylation is 1. The van der Waals surface area contributed by atoms with E-state index in [-0.39, 0.29) is 29.0 Å². The zero-order chi connectivity index (χ0) is 34.1. The van der Waals surface area contributed by atoms with Crippen LogP contribution in [-0.4, -0.2) is 116 Å². The van der Waals surface area contributed by atoms with Crippen LogP contribution in [0.1, 0.15) is 61.5 Å². The van der Waals surface area contributed by atoms with Crippen molar-refractivity contribution in [3.8, 4) is 5.75 Å². The first kappa shape index (κ1) is 39.3. The summed E-state index contributed by atoms with van der Waals surface area (Å²) in [5.74, 6) is -0.135. The highest BCUT2D eigenvalue weighted by Crippen LogP contribution is 2.17. The van der Waals surface area contributed by atoms with E-state index in [0.29, 0.717) is 32.0 Å². The Hall–Kier alpha value is -2.86.